The number of hydrogen-bond donors (Lipinski definition) is 1. The molecule has 0 aliphatic carbocycles. The summed E-state index contributed by atoms with van der Waals surface area (Å²) in [6.07, 6.45) is 0.865. The Bertz CT molecular complexity index is 1040. The Morgan fingerprint density at radius 1 is 1.14 bits per heavy atom. The highest BCUT2D eigenvalue weighted by Crippen LogP contribution is 2.27. The molecule has 5 nitrogen and oxygen atoms in total. The van der Waals surface area contributed by atoms with Gasteiger partial charge < -0.3 is 14.5 Å². The zero-order valence-electron chi connectivity index (χ0n) is 18.0. The van der Waals surface area contributed by atoms with Crippen molar-refractivity contribution >= 4 is 17.3 Å². The van der Waals surface area contributed by atoms with E-state index in [0.717, 1.165) is 39.8 Å². The second-order valence-electron chi connectivity index (χ2n) is 8.44. The molecular weight excluding hydrogens is 362 g/mol. The first-order valence-corrected chi connectivity index (χ1v) is 9.63. The minimum Gasteiger partial charge on any atom is -0.385 e. The number of aryl methyl sites for hydroxylation is 2. The van der Waals surface area contributed by atoms with Crippen molar-refractivity contribution in [1.29, 1.82) is 5.26 Å². The number of aromatic nitrogens is 2. The second-order valence-corrected chi connectivity index (χ2v) is 8.44. The minimum atomic E-state index is -1.02. The molecule has 0 spiro atoms. The Morgan fingerprint density at radius 2 is 1.76 bits per heavy atom. The predicted molar refractivity (Wildman–Crippen MR) is 116 cm³/mol. The largest absolute Gasteiger partial charge is 0.385 e. The molecule has 1 aromatic heterocycles. The molecule has 3 aromatic rings. The molecule has 1 atom stereocenters. The van der Waals surface area contributed by atoms with Crippen molar-refractivity contribution in [2.75, 3.05) is 0 Å². The summed E-state index contributed by atoms with van der Waals surface area (Å²) in [6.45, 7) is 12.0. The van der Waals surface area contributed by atoms with E-state index < -0.39 is 5.60 Å². The summed E-state index contributed by atoms with van der Waals surface area (Å²) in [6, 6.07) is 15.3. The van der Waals surface area contributed by atoms with Crippen molar-refractivity contribution in [3.63, 3.8) is 0 Å². The number of carbonyl (C=O) groups excluding carboxylic acids is 1. The average Bonchev–Trinajstić information content (AvgIpc) is 2.97. The summed E-state index contributed by atoms with van der Waals surface area (Å²) in [5.74, 6) is 0.988. The topological polar surface area (TPSA) is 78.9 Å². The van der Waals surface area contributed by atoms with Crippen molar-refractivity contribution in [3.05, 3.63) is 65.0 Å². The molecule has 0 bridgehead atoms. The van der Waals surface area contributed by atoms with E-state index in [0.29, 0.717) is 0 Å². The number of imidazole rings is 1. The zero-order valence-corrected chi connectivity index (χ0v) is 18.0. The molecule has 0 fully saturated rings. The smallest absolute Gasteiger partial charge is 0.123 e. The van der Waals surface area contributed by atoms with Gasteiger partial charge in [0.25, 0.3) is 0 Å². The van der Waals surface area contributed by atoms with Crippen LogP contribution in [0.25, 0.3) is 11.0 Å². The first kappa shape index (κ1) is 22.3. The maximum absolute atomic E-state index is 10.2. The van der Waals surface area contributed by atoms with Crippen LogP contribution in [0.15, 0.2) is 42.5 Å². The lowest BCUT2D eigenvalue weighted by molar-refractivity contribution is -0.112. The minimum absolute atomic E-state index is 0.0270. The molecule has 1 heterocycles. The van der Waals surface area contributed by atoms with Crippen molar-refractivity contribution in [1.82, 2.24) is 9.55 Å². The molecule has 29 heavy (non-hydrogen) atoms. The number of nitriles is 1. The molecule has 2 aromatic carbocycles. The van der Waals surface area contributed by atoms with Gasteiger partial charge in [-0.15, -0.1) is 0 Å². The third-order valence-electron chi connectivity index (χ3n) is 4.84. The Kier molecular flexibility index (Phi) is 6.61. The van der Waals surface area contributed by atoms with Gasteiger partial charge in [0.05, 0.1) is 28.3 Å². The van der Waals surface area contributed by atoms with Gasteiger partial charge >= 0.3 is 0 Å². The summed E-state index contributed by atoms with van der Waals surface area (Å²) < 4.78 is 2.18. The summed E-state index contributed by atoms with van der Waals surface area (Å²) in [5, 5.41) is 18.9. The number of nitrogens with zero attached hydrogens (tertiary/aromatic N) is 3. The Balaban J connectivity index is 0.000000221. The fourth-order valence-electron chi connectivity index (χ4n) is 3.39. The molecule has 1 N–H and O–H groups in total. The van der Waals surface area contributed by atoms with Crippen molar-refractivity contribution in [3.8, 4) is 6.07 Å². The normalized spacial score (nSPS) is 13.2. The van der Waals surface area contributed by atoms with Crippen LogP contribution in [0.5, 0.6) is 0 Å². The molecule has 0 aliphatic heterocycles. The Morgan fingerprint density at radius 3 is 2.28 bits per heavy atom. The number of carbonyl (C=O) groups is 1. The zero-order chi connectivity index (χ0) is 21.8. The standard InChI is InChI=1S/C14H17N3.C10H12O2/c1-9-6-12-13(7-11(9)8-15)17(10(2)16-12)14(3,4)5;1-10(12,7-8-11)9-5-3-2-4-6-9/h6-7H,1-5H3;2-6,8,12H,7H2,1H3/t;10-/m.1/s1. The summed E-state index contributed by atoms with van der Waals surface area (Å²) in [7, 11) is 0. The van der Waals surface area contributed by atoms with Crippen LogP contribution >= 0.6 is 0 Å². The molecule has 0 amide bonds. The summed E-state index contributed by atoms with van der Waals surface area (Å²) in [4.78, 5) is 14.8. The van der Waals surface area contributed by atoms with Crippen molar-refractivity contribution in [2.24, 2.45) is 0 Å². The van der Waals surface area contributed by atoms with E-state index >= 15 is 0 Å². The van der Waals surface area contributed by atoms with Crippen molar-refractivity contribution < 1.29 is 9.90 Å². The van der Waals surface area contributed by atoms with Crippen LogP contribution in [0.4, 0.5) is 0 Å². The van der Waals surface area contributed by atoms with Gasteiger partial charge in [0.1, 0.15) is 12.1 Å². The molecule has 0 saturated heterocycles. The van der Waals surface area contributed by atoms with Gasteiger partial charge in [-0.3, -0.25) is 0 Å². The number of aliphatic hydroxyl groups is 1. The van der Waals surface area contributed by atoms with Gasteiger partial charge in [-0.05, 0) is 64.8 Å². The number of rotatable bonds is 3. The maximum atomic E-state index is 10.2. The van der Waals surface area contributed by atoms with Gasteiger partial charge in [-0.2, -0.15) is 5.26 Å². The fourth-order valence-corrected chi connectivity index (χ4v) is 3.39. The molecule has 152 valence electrons. The number of benzene rings is 2. The number of aldehydes is 1. The third kappa shape index (κ3) is 5.10. The number of fused-ring (bicyclic) bond motifs is 1. The number of hydrogen-bond acceptors (Lipinski definition) is 4. The van der Waals surface area contributed by atoms with E-state index in [1.54, 1.807) is 6.92 Å². The highest BCUT2D eigenvalue weighted by Gasteiger charge is 2.21. The maximum Gasteiger partial charge on any atom is 0.123 e. The lowest BCUT2D eigenvalue weighted by Crippen LogP contribution is -2.22. The van der Waals surface area contributed by atoms with E-state index in [9.17, 15) is 9.90 Å². The first-order chi connectivity index (χ1) is 13.5. The highest BCUT2D eigenvalue weighted by molar-refractivity contribution is 5.79. The van der Waals surface area contributed by atoms with Crippen LogP contribution < -0.4 is 0 Å². The van der Waals surface area contributed by atoms with Gasteiger partial charge in [0, 0.05) is 12.0 Å². The Labute approximate surface area is 172 Å². The van der Waals surface area contributed by atoms with Crippen LogP contribution in [-0.2, 0) is 15.9 Å². The van der Waals surface area contributed by atoms with Gasteiger partial charge in [-0.1, -0.05) is 30.3 Å². The van der Waals surface area contributed by atoms with E-state index in [2.05, 4.69) is 36.4 Å². The van der Waals surface area contributed by atoms with Crippen LogP contribution in [0.1, 0.15) is 56.6 Å². The molecule has 0 aliphatic rings. The second kappa shape index (κ2) is 8.59. The van der Waals surface area contributed by atoms with Crippen LogP contribution in [-0.4, -0.2) is 20.9 Å². The van der Waals surface area contributed by atoms with E-state index in [1.807, 2.05) is 56.3 Å². The monoisotopic (exact) mass is 391 g/mol. The van der Waals surface area contributed by atoms with Crippen LogP contribution in [0.2, 0.25) is 0 Å². The van der Waals surface area contributed by atoms with E-state index in [1.165, 1.54) is 0 Å². The van der Waals surface area contributed by atoms with Crippen LogP contribution in [0.3, 0.4) is 0 Å². The lowest BCUT2D eigenvalue weighted by atomic mass is 9.93. The molecule has 5 heteroatoms. The van der Waals surface area contributed by atoms with Gasteiger partial charge in [0.15, 0.2) is 0 Å². The SMILES string of the molecule is C[C@@](O)(CC=O)c1ccccc1.Cc1cc2nc(C)n(C(C)(C)C)c2cc1C#N. The molecule has 3 rings (SSSR count). The van der Waals surface area contributed by atoms with Crippen molar-refractivity contribution in [2.45, 2.75) is 59.1 Å². The lowest BCUT2D eigenvalue weighted by Gasteiger charge is -2.23. The quantitative estimate of drug-likeness (QED) is 0.653. The summed E-state index contributed by atoms with van der Waals surface area (Å²) in [5.41, 5.74) is 3.44. The molecular formula is C24H29N3O2. The third-order valence-corrected chi connectivity index (χ3v) is 4.84. The van der Waals surface area contributed by atoms with E-state index in [-0.39, 0.29) is 12.0 Å². The van der Waals surface area contributed by atoms with Crippen LogP contribution in [0, 0.1) is 25.2 Å². The molecule has 0 unspecified atom stereocenters. The first-order valence-electron chi connectivity index (χ1n) is 9.63. The Hall–Kier alpha value is -2.97. The molecule has 0 saturated carbocycles. The highest BCUT2D eigenvalue weighted by atomic mass is 16.3. The molecule has 0 radical (unpaired) electrons. The average molecular weight is 392 g/mol. The van der Waals surface area contributed by atoms with Gasteiger partial charge in [0.2, 0.25) is 0 Å². The predicted octanol–water partition coefficient (Wildman–Crippen LogP) is 4.76. The van der Waals surface area contributed by atoms with E-state index in [4.69, 9.17) is 5.26 Å². The fraction of sp³-hybridized carbons (Fsp3) is 0.375. The van der Waals surface area contributed by atoms with Gasteiger partial charge in [-0.25, -0.2) is 4.98 Å². The summed E-state index contributed by atoms with van der Waals surface area (Å²) >= 11 is 0.